The van der Waals surface area contributed by atoms with E-state index in [4.69, 9.17) is 5.11 Å². The SMILES string of the molecule is O=C(O)C[C@@H]1CS(=O)(=O)[C@@H]2CN(Cc3cn[nH]c3-c3ccccc3)C[C@H]12. The van der Waals surface area contributed by atoms with E-state index in [2.05, 4.69) is 15.1 Å². The van der Waals surface area contributed by atoms with Crippen LogP contribution in [0.1, 0.15) is 12.0 Å². The molecule has 1 aromatic carbocycles. The monoisotopic (exact) mass is 375 g/mol. The van der Waals surface area contributed by atoms with Gasteiger partial charge in [0.1, 0.15) is 0 Å². The Morgan fingerprint density at radius 3 is 2.77 bits per heavy atom. The molecule has 4 rings (SSSR count). The number of aromatic amines is 1. The second-order valence-corrected chi connectivity index (χ2v) is 9.48. The Labute approximate surface area is 151 Å². The van der Waals surface area contributed by atoms with Gasteiger partial charge < -0.3 is 5.11 Å². The van der Waals surface area contributed by atoms with Crippen molar-refractivity contribution in [2.45, 2.75) is 18.2 Å². The summed E-state index contributed by atoms with van der Waals surface area (Å²) < 4.78 is 24.9. The Kier molecular flexibility index (Phi) is 4.32. The molecule has 0 aliphatic carbocycles. The average Bonchev–Trinajstić information content (AvgIpc) is 3.26. The van der Waals surface area contributed by atoms with Crippen LogP contribution in [0.2, 0.25) is 0 Å². The normalized spacial score (nSPS) is 27.5. The summed E-state index contributed by atoms with van der Waals surface area (Å²) in [5.41, 5.74) is 2.99. The van der Waals surface area contributed by atoms with Gasteiger partial charge in [0, 0.05) is 31.6 Å². The van der Waals surface area contributed by atoms with Gasteiger partial charge in [0.2, 0.25) is 0 Å². The molecule has 3 heterocycles. The number of fused-ring (bicyclic) bond motifs is 1. The van der Waals surface area contributed by atoms with Crippen LogP contribution in [0, 0.1) is 11.8 Å². The predicted molar refractivity (Wildman–Crippen MR) is 96.1 cm³/mol. The summed E-state index contributed by atoms with van der Waals surface area (Å²) in [6, 6.07) is 9.88. The molecule has 3 atom stereocenters. The standard InChI is InChI=1S/C18H21N3O4S/c22-17(23)6-13-11-26(24,25)16-10-21(9-15(13)16)8-14-7-19-20-18(14)12-4-2-1-3-5-12/h1-5,7,13,15-16H,6,8-11H2,(H,19,20)(H,22,23)/t13-,15-,16-/m1/s1. The zero-order valence-corrected chi connectivity index (χ0v) is 15.0. The Balaban J connectivity index is 1.52. The molecular formula is C18H21N3O4S. The van der Waals surface area contributed by atoms with E-state index in [9.17, 15) is 13.2 Å². The molecule has 2 aromatic rings. The summed E-state index contributed by atoms with van der Waals surface area (Å²) in [5, 5.41) is 15.8. The molecule has 8 heteroatoms. The van der Waals surface area contributed by atoms with Crippen LogP contribution >= 0.6 is 0 Å². The second-order valence-electron chi connectivity index (χ2n) is 7.22. The van der Waals surface area contributed by atoms with E-state index in [1.807, 2.05) is 30.3 Å². The van der Waals surface area contributed by atoms with Crippen LogP contribution in [0.3, 0.4) is 0 Å². The molecule has 2 aliphatic rings. The lowest BCUT2D eigenvalue weighted by atomic mass is 9.90. The number of likely N-dealkylation sites (tertiary alicyclic amines) is 1. The first-order chi connectivity index (χ1) is 12.4. The van der Waals surface area contributed by atoms with E-state index >= 15 is 0 Å². The Morgan fingerprint density at radius 1 is 1.27 bits per heavy atom. The molecule has 1 aromatic heterocycles. The quantitative estimate of drug-likeness (QED) is 0.819. The number of nitrogens with one attached hydrogen (secondary N) is 1. The van der Waals surface area contributed by atoms with Gasteiger partial charge in [-0.1, -0.05) is 30.3 Å². The molecule has 2 N–H and O–H groups in total. The highest BCUT2D eigenvalue weighted by Gasteiger charge is 2.52. The lowest BCUT2D eigenvalue weighted by molar-refractivity contribution is -0.138. The largest absolute Gasteiger partial charge is 0.481 e. The van der Waals surface area contributed by atoms with Crippen LogP contribution in [0.5, 0.6) is 0 Å². The molecule has 138 valence electrons. The van der Waals surface area contributed by atoms with Crippen LogP contribution in [0.25, 0.3) is 11.3 Å². The van der Waals surface area contributed by atoms with E-state index < -0.39 is 21.1 Å². The first kappa shape index (κ1) is 17.2. The van der Waals surface area contributed by atoms with Gasteiger partial charge in [-0.25, -0.2) is 8.42 Å². The number of nitrogens with zero attached hydrogens (tertiary/aromatic N) is 2. The van der Waals surface area contributed by atoms with E-state index in [1.54, 1.807) is 6.20 Å². The molecule has 0 amide bonds. The van der Waals surface area contributed by atoms with Crippen molar-refractivity contribution in [1.29, 1.82) is 0 Å². The molecular weight excluding hydrogens is 354 g/mol. The van der Waals surface area contributed by atoms with Gasteiger partial charge in [0.15, 0.2) is 9.84 Å². The van der Waals surface area contributed by atoms with Gasteiger partial charge in [0.25, 0.3) is 0 Å². The number of hydrogen-bond donors (Lipinski definition) is 2. The molecule has 0 bridgehead atoms. The minimum Gasteiger partial charge on any atom is -0.481 e. The zero-order chi connectivity index (χ0) is 18.3. The number of benzene rings is 1. The van der Waals surface area contributed by atoms with Crippen LogP contribution < -0.4 is 0 Å². The molecule has 0 spiro atoms. The third-order valence-electron chi connectivity index (χ3n) is 5.51. The number of sulfone groups is 1. The predicted octanol–water partition coefficient (Wildman–Crippen LogP) is 1.40. The van der Waals surface area contributed by atoms with Crippen molar-refractivity contribution in [3.63, 3.8) is 0 Å². The number of rotatable bonds is 5. The second kappa shape index (κ2) is 6.51. The molecule has 2 aliphatic heterocycles. The summed E-state index contributed by atoms with van der Waals surface area (Å²) in [7, 11) is -3.22. The fraction of sp³-hybridized carbons (Fsp3) is 0.444. The lowest BCUT2D eigenvalue weighted by Crippen LogP contribution is -2.27. The summed E-state index contributed by atoms with van der Waals surface area (Å²) in [5.74, 6) is -1.30. The molecule has 2 saturated heterocycles. The molecule has 26 heavy (non-hydrogen) atoms. The topological polar surface area (TPSA) is 103 Å². The van der Waals surface area contributed by atoms with E-state index in [0.29, 0.717) is 19.6 Å². The Hall–Kier alpha value is -2.19. The number of carboxylic acids is 1. The Bertz CT molecular complexity index is 910. The zero-order valence-electron chi connectivity index (χ0n) is 14.2. The van der Waals surface area contributed by atoms with Crippen molar-refractivity contribution in [1.82, 2.24) is 15.1 Å². The van der Waals surface area contributed by atoms with Gasteiger partial charge in [-0.3, -0.25) is 14.8 Å². The van der Waals surface area contributed by atoms with Crippen molar-refractivity contribution in [2.75, 3.05) is 18.8 Å². The van der Waals surface area contributed by atoms with E-state index in [0.717, 1.165) is 16.8 Å². The van der Waals surface area contributed by atoms with Crippen LogP contribution in [-0.4, -0.2) is 58.7 Å². The number of hydrogen-bond acceptors (Lipinski definition) is 5. The third-order valence-corrected chi connectivity index (χ3v) is 7.82. The minimum atomic E-state index is -3.22. The summed E-state index contributed by atoms with van der Waals surface area (Å²) >= 11 is 0. The van der Waals surface area contributed by atoms with Crippen molar-refractivity contribution >= 4 is 15.8 Å². The maximum atomic E-state index is 12.4. The lowest BCUT2D eigenvalue weighted by Gasteiger charge is -2.19. The molecule has 0 saturated carbocycles. The number of H-pyrrole nitrogens is 1. The maximum absolute atomic E-state index is 12.4. The third kappa shape index (κ3) is 3.14. The van der Waals surface area contributed by atoms with Gasteiger partial charge in [0.05, 0.1) is 22.9 Å². The number of aliphatic carboxylic acids is 1. The number of aromatic nitrogens is 2. The van der Waals surface area contributed by atoms with E-state index in [-0.39, 0.29) is 24.0 Å². The summed E-state index contributed by atoms with van der Waals surface area (Å²) in [4.78, 5) is 13.2. The van der Waals surface area contributed by atoms with Crippen molar-refractivity contribution in [2.24, 2.45) is 11.8 Å². The summed E-state index contributed by atoms with van der Waals surface area (Å²) in [6.45, 7) is 1.67. The van der Waals surface area contributed by atoms with Crippen LogP contribution in [0.4, 0.5) is 0 Å². The van der Waals surface area contributed by atoms with E-state index in [1.165, 1.54) is 0 Å². The average molecular weight is 375 g/mol. The molecule has 0 radical (unpaired) electrons. The molecule has 2 fully saturated rings. The van der Waals surface area contributed by atoms with Gasteiger partial charge in [-0.15, -0.1) is 0 Å². The van der Waals surface area contributed by atoms with Gasteiger partial charge >= 0.3 is 5.97 Å². The number of carboxylic acid groups (broad SMARTS) is 1. The van der Waals surface area contributed by atoms with Crippen molar-refractivity contribution < 1.29 is 18.3 Å². The number of carbonyl (C=O) groups is 1. The Morgan fingerprint density at radius 2 is 2.04 bits per heavy atom. The highest BCUT2D eigenvalue weighted by atomic mass is 32.2. The van der Waals surface area contributed by atoms with Crippen LogP contribution in [-0.2, 0) is 21.2 Å². The fourth-order valence-corrected chi connectivity index (χ4v) is 6.84. The first-order valence-electron chi connectivity index (χ1n) is 8.67. The fourth-order valence-electron chi connectivity index (χ4n) is 4.35. The smallest absolute Gasteiger partial charge is 0.303 e. The highest BCUT2D eigenvalue weighted by Crippen LogP contribution is 2.40. The summed E-state index contributed by atoms with van der Waals surface area (Å²) in [6.07, 6.45) is 1.70. The minimum absolute atomic E-state index is 0.00342. The first-order valence-corrected chi connectivity index (χ1v) is 10.4. The van der Waals surface area contributed by atoms with Crippen LogP contribution in [0.15, 0.2) is 36.5 Å². The molecule has 0 unspecified atom stereocenters. The highest BCUT2D eigenvalue weighted by molar-refractivity contribution is 7.92. The van der Waals surface area contributed by atoms with Crippen molar-refractivity contribution in [3.8, 4) is 11.3 Å². The maximum Gasteiger partial charge on any atom is 0.303 e. The molecule has 7 nitrogen and oxygen atoms in total. The van der Waals surface area contributed by atoms with Gasteiger partial charge in [-0.2, -0.15) is 5.10 Å². The van der Waals surface area contributed by atoms with Gasteiger partial charge in [-0.05, 0) is 17.4 Å². The van der Waals surface area contributed by atoms with Crippen molar-refractivity contribution in [3.05, 3.63) is 42.1 Å².